The summed E-state index contributed by atoms with van der Waals surface area (Å²) in [7, 11) is 1.96. The van der Waals surface area contributed by atoms with E-state index < -0.39 is 41.6 Å². The smallest absolute Gasteiger partial charge is 0.250 e. The van der Waals surface area contributed by atoms with E-state index in [0.717, 1.165) is 23.3 Å². The Morgan fingerprint density at radius 3 is 2.23 bits per heavy atom. The normalized spacial score (nSPS) is 23.2. The van der Waals surface area contributed by atoms with Crippen molar-refractivity contribution in [3.05, 3.63) is 70.8 Å². The molecule has 0 radical (unpaired) electrons. The molecule has 2 fully saturated rings. The molecule has 1 N–H and O–H groups in total. The summed E-state index contributed by atoms with van der Waals surface area (Å²) in [6.45, 7) is 5.98. The Morgan fingerprint density at radius 1 is 1.00 bits per heavy atom. The Bertz CT molecular complexity index is 1240. The average Bonchev–Trinajstić information content (AvgIpc) is 3.33. The largest absolute Gasteiger partial charge is 0.342 e. The van der Waals surface area contributed by atoms with Crippen LogP contribution in [0.5, 0.6) is 0 Å². The number of fused-ring (bicyclic) bond motifs is 1. The van der Waals surface area contributed by atoms with Crippen molar-refractivity contribution in [1.29, 1.82) is 0 Å². The Hall–Kier alpha value is -3.33. The molecule has 2 saturated heterocycles. The number of hydrogen-bond donors (Lipinski definition) is 1. The fourth-order valence-corrected chi connectivity index (χ4v) is 6.20. The van der Waals surface area contributed by atoms with Crippen LogP contribution in [0.1, 0.15) is 43.0 Å². The number of amides is 3. The number of carbonyl (C=O) groups excluding carboxylic acids is 3. The van der Waals surface area contributed by atoms with Crippen LogP contribution >= 0.6 is 0 Å². The van der Waals surface area contributed by atoms with Crippen LogP contribution in [0.2, 0.25) is 0 Å². The summed E-state index contributed by atoms with van der Waals surface area (Å²) in [4.78, 5) is 47.2. The standard InChI is InChI=1S/C30H36F2N4O3/c1-18(2)14-25-28(37)33-26(21-15-19-6-4-5-7-20(19)16-21)29(38)36(25)27(23-9-8-22(31)17-24(23)32)30(39)35-12-10-34(3)11-13-35/h4-9,17-18,21,25-27H,10-16H2,1-3H3,(H,33,37). The molecule has 0 aromatic heterocycles. The summed E-state index contributed by atoms with van der Waals surface area (Å²) in [5.41, 5.74) is 2.18. The molecule has 2 aromatic carbocycles. The third kappa shape index (κ3) is 5.41. The maximum absolute atomic E-state index is 15.4. The van der Waals surface area contributed by atoms with Crippen LogP contribution in [0, 0.1) is 23.5 Å². The third-order valence-corrected chi connectivity index (χ3v) is 8.29. The van der Waals surface area contributed by atoms with E-state index in [2.05, 4.69) is 10.2 Å². The quantitative estimate of drug-likeness (QED) is 0.614. The van der Waals surface area contributed by atoms with Gasteiger partial charge in [-0.1, -0.05) is 44.2 Å². The molecular weight excluding hydrogens is 502 g/mol. The first-order valence-corrected chi connectivity index (χ1v) is 13.8. The number of piperazine rings is 2. The van der Waals surface area contributed by atoms with Gasteiger partial charge in [0.25, 0.3) is 0 Å². The van der Waals surface area contributed by atoms with Gasteiger partial charge in [-0.3, -0.25) is 14.4 Å². The van der Waals surface area contributed by atoms with Crippen molar-refractivity contribution in [2.24, 2.45) is 11.8 Å². The topological polar surface area (TPSA) is 73.0 Å². The van der Waals surface area contributed by atoms with E-state index in [9.17, 15) is 18.8 Å². The van der Waals surface area contributed by atoms with Crippen molar-refractivity contribution in [2.45, 2.75) is 51.2 Å². The van der Waals surface area contributed by atoms with E-state index in [0.29, 0.717) is 45.4 Å². The molecule has 7 nitrogen and oxygen atoms in total. The highest BCUT2D eigenvalue weighted by Gasteiger charge is 2.50. The molecule has 9 heteroatoms. The van der Waals surface area contributed by atoms with Gasteiger partial charge in [0.05, 0.1) is 0 Å². The SMILES string of the molecule is CC(C)CC1C(=O)NC(C2Cc3ccccc3C2)C(=O)N1C(C(=O)N1CCN(C)CC1)c1ccc(F)cc1F. The Labute approximate surface area is 228 Å². The minimum Gasteiger partial charge on any atom is -0.342 e. The van der Waals surface area contributed by atoms with Gasteiger partial charge in [-0.05, 0) is 55.3 Å². The predicted octanol–water partition coefficient (Wildman–Crippen LogP) is 2.94. The van der Waals surface area contributed by atoms with Crippen LogP contribution < -0.4 is 5.32 Å². The number of hydrogen-bond acceptors (Lipinski definition) is 4. The minimum atomic E-state index is -1.37. The summed E-state index contributed by atoms with van der Waals surface area (Å²) < 4.78 is 29.3. The highest BCUT2D eigenvalue weighted by atomic mass is 19.1. The zero-order valence-electron chi connectivity index (χ0n) is 22.7. The summed E-state index contributed by atoms with van der Waals surface area (Å²) in [6.07, 6.45) is 1.56. The van der Waals surface area contributed by atoms with Crippen LogP contribution in [0.4, 0.5) is 8.78 Å². The molecule has 2 aliphatic heterocycles. The molecule has 2 heterocycles. The van der Waals surface area contributed by atoms with Crippen LogP contribution in [0.15, 0.2) is 42.5 Å². The molecule has 3 atom stereocenters. The van der Waals surface area contributed by atoms with E-state index in [-0.39, 0.29) is 23.3 Å². The molecule has 1 aliphatic carbocycles. The summed E-state index contributed by atoms with van der Waals surface area (Å²) >= 11 is 0. The summed E-state index contributed by atoms with van der Waals surface area (Å²) in [6, 6.07) is 7.84. The highest BCUT2D eigenvalue weighted by molar-refractivity contribution is 6.00. The molecule has 5 rings (SSSR count). The molecular formula is C30H36F2N4O3. The van der Waals surface area contributed by atoms with Crippen molar-refractivity contribution < 1.29 is 23.2 Å². The van der Waals surface area contributed by atoms with Gasteiger partial charge in [-0.15, -0.1) is 0 Å². The molecule has 0 saturated carbocycles. The maximum Gasteiger partial charge on any atom is 0.250 e. The fourth-order valence-electron chi connectivity index (χ4n) is 6.20. The third-order valence-electron chi connectivity index (χ3n) is 8.29. The molecule has 3 amide bonds. The van der Waals surface area contributed by atoms with Crippen molar-refractivity contribution in [3.63, 3.8) is 0 Å². The fraction of sp³-hybridized carbons (Fsp3) is 0.500. The van der Waals surface area contributed by atoms with Crippen LogP contribution in [-0.4, -0.2) is 77.7 Å². The van der Waals surface area contributed by atoms with Crippen LogP contribution in [-0.2, 0) is 27.2 Å². The van der Waals surface area contributed by atoms with Crippen molar-refractivity contribution in [3.8, 4) is 0 Å². The monoisotopic (exact) mass is 538 g/mol. The molecule has 39 heavy (non-hydrogen) atoms. The van der Waals surface area contributed by atoms with Gasteiger partial charge in [-0.2, -0.15) is 0 Å². The van der Waals surface area contributed by atoms with Crippen molar-refractivity contribution >= 4 is 17.7 Å². The van der Waals surface area contributed by atoms with Gasteiger partial charge in [0.15, 0.2) is 0 Å². The van der Waals surface area contributed by atoms with E-state index in [1.54, 1.807) is 4.90 Å². The first kappa shape index (κ1) is 27.2. The lowest BCUT2D eigenvalue weighted by Crippen LogP contribution is -2.67. The lowest BCUT2D eigenvalue weighted by atomic mass is 9.87. The lowest BCUT2D eigenvalue weighted by Gasteiger charge is -2.46. The average molecular weight is 539 g/mol. The molecule has 0 spiro atoms. The number of rotatable bonds is 6. The van der Waals surface area contributed by atoms with Gasteiger partial charge in [0.1, 0.15) is 29.8 Å². The van der Waals surface area contributed by atoms with Crippen LogP contribution in [0.25, 0.3) is 0 Å². The number of nitrogens with zero attached hydrogens (tertiary/aromatic N) is 3. The number of likely N-dealkylation sites (N-methyl/N-ethyl adjacent to an activating group) is 1. The zero-order chi connectivity index (χ0) is 27.8. The van der Waals surface area contributed by atoms with Gasteiger partial charge in [-0.25, -0.2) is 8.78 Å². The summed E-state index contributed by atoms with van der Waals surface area (Å²) in [5, 5.41) is 2.97. The first-order valence-electron chi connectivity index (χ1n) is 13.8. The molecule has 2 aromatic rings. The van der Waals surface area contributed by atoms with Gasteiger partial charge in [0, 0.05) is 37.8 Å². The van der Waals surface area contributed by atoms with Crippen molar-refractivity contribution in [1.82, 2.24) is 20.0 Å². The first-order chi connectivity index (χ1) is 18.6. The predicted molar refractivity (Wildman–Crippen MR) is 143 cm³/mol. The number of halogens is 2. The van der Waals surface area contributed by atoms with E-state index in [1.807, 2.05) is 45.2 Å². The lowest BCUT2D eigenvalue weighted by molar-refractivity contribution is -0.161. The van der Waals surface area contributed by atoms with Gasteiger partial charge < -0.3 is 20.0 Å². The Balaban J connectivity index is 1.56. The summed E-state index contributed by atoms with van der Waals surface area (Å²) in [5.74, 6) is -3.02. The highest BCUT2D eigenvalue weighted by Crippen LogP contribution is 2.36. The maximum atomic E-state index is 15.4. The molecule has 208 valence electrons. The molecule has 3 unspecified atom stereocenters. The zero-order valence-corrected chi connectivity index (χ0v) is 22.7. The number of benzene rings is 2. The van der Waals surface area contributed by atoms with Gasteiger partial charge in [0.2, 0.25) is 17.7 Å². The van der Waals surface area contributed by atoms with E-state index in [1.165, 1.54) is 11.0 Å². The molecule has 0 bridgehead atoms. The number of nitrogens with one attached hydrogen (secondary N) is 1. The second kappa shape index (κ2) is 11.0. The minimum absolute atomic E-state index is 0.0285. The Morgan fingerprint density at radius 2 is 1.64 bits per heavy atom. The van der Waals surface area contributed by atoms with E-state index in [4.69, 9.17) is 0 Å². The Kier molecular flexibility index (Phi) is 7.71. The number of carbonyl (C=O) groups is 3. The van der Waals surface area contributed by atoms with Crippen molar-refractivity contribution in [2.75, 3.05) is 33.2 Å². The van der Waals surface area contributed by atoms with Gasteiger partial charge >= 0.3 is 0 Å². The second-order valence-corrected chi connectivity index (χ2v) is 11.5. The second-order valence-electron chi connectivity index (χ2n) is 11.5. The van der Waals surface area contributed by atoms with Crippen LogP contribution in [0.3, 0.4) is 0 Å². The van der Waals surface area contributed by atoms with E-state index >= 15 is 4.39 Å². The molecule has 3 aliphatic rings.